The molecule has 0 bridgehead atoms. The van der Waals surface area contributed by atoms with E-state index < -0.39 is 110 Å². The predicted molar refractivity (Wildman–Crippen MR) is 395 cm³/mol. The first-order valence-electron chi connectivity index (χ1n) is 36.0. The van der Waals surface area contributed by atoms with Crippen LogP contribution in [0.4, 0.5) is 0 Å². The van der Waals surface area contributed by atoms with Crippen molar-refractivity contribution in [1.82, 2.24) is 0 Å². The van der Waals surface area contributed by atoms with Crippen LogP contribution in [0.25, 0.3) is 10.4 Å². The summed E-state index contributed by atoms with van der Waals surface area (Å²) in [5, 5.41) is 4.61. The third-order valence-electron chi connectivity index (χ3n) is 18.7. The predicted octanol–water partition coefficient (Wildman–Crippen LogP) is 14.3. The zero-order valence-electron chi connectivity index (χ0n) is 60.1. The van der Waals surface area contributed by atoms with Gasteiger partial charge in [-0.15, -0.1) is 0 Å². The van der Waals surface area contributed by atoms with E-state index in [4.69, 9.17) is 75.8 Å². The molecule has 107 heavy (non-hydrogen) atoms. The Morgan fingerprint density at radius 2 is 0.645 bits per heavy atom. The van der Waals surface area contributed by atoms with Gasteiger partial charge in [-0.2, -0.15) is 0 Å². The molecule has 12 rings (SSSR count). The van der Waals surface area contributed by atoms with Gasteiger partial charge in [0.1, 0.15) is 91.6 Å². The number of esters is 2. The van der Waals surface area contributed by atoms with Crippen LogP contribution in [0.1, 0.15) is 63.9 Å². The van der Waals surface area contributed by atoms with Gasteiger partial charge in [0, 0.05) is 18.8 Å². The summed E-state index contributed by atoms with van der Waals surface area (Å²) in [6.45, 7) is 2.48. The molecule has 9 aromatic carbocycles. The maximum Gasteiger partial charge on any atom is 0.303 e. The van der Waals surface area contributed by atoms with Gasteiger partial charge in [0.15, 0.2) is 18.7 Å². The van der Waals surface area contributed by atoms with E-state index in [-0.39, 0.29) is 72.7 Å². The molecule has 2 saturated heterocycles. The fourth-order valence-electron chi connectivity index (χ4n) is 13.4. The summed E-state index contributed by atoms with van der Waals surface area (Å²) in [6, 6.07) is 83.4. The molecule has 16 atom stereocenters. The zero-order valence-corrected chi connectivity index (χ0v) is 60.1. The van der Waals surface area contributed by atoms with Crippen LogP contribution in [0, 0.1) is 0 Å². The SMILES string of the molecule is COc1ccc(CO[C@@H]2[C@H](OCc3ccccc3)[C@H](OCc3ccccc3)[C@@H](OCc3ccccc3)[C@H](OCc3ccccc3)[C@H]2O[C@@H]2O[C@H](COCc3ccccc3)[C@@H](O[C@H]3O[C@H](COC(C)=O)[C@@H](OCc4ccccc4)[C@H](OC(C)=O)[C@@H]3OCc3ccccc3)[C@H](OCc3ccccc3)[C@H]2N=[N+]=[N-])cc1. The molecule has 0 N–H and O–H groups in total. The highest BCUT2D eigenvalue weighted by molar-refractivity contribution is 5.66. The lowest BCUT2D eigenvalue weighted by Gasteiger charge is -2.52. The van der Waals surface area contributed by atoms with E-state index in [0.717, 1.165) is 50.1 Å². The van der Waals surface area contributed by atoms with Crippen LogP contribution >= 0.6 is 0 Å². The fraction of sp³-hybridized carbons (Fsp3) is 0.349. The van der Waals surface area contributed by atoms with Crippen LogP contribution < -0.4 is 4.74 Å². The number of methoxy groups -OCH3 is 1. The minimum atomic E-state index is -1.57. The number of benzene rings is 9. The number of rotatable bonds is 37. The Hall–Kier alpha value is -9.49. The van der Waals surface area contributed by atoms with Gasteiger partial charge < -0.3 is 75.8 Å². The Bertz CT molecular complexity index is 4110. The molecule has 0 unspecified atom stereocenters. The van der Waals surface area contributed by atoms with Gasteiger partial charge >= 0.3 is 11.9 Å². The first-order valence-corrected chi connectivity index (χ1v) is 36.0. The lowest BCUT2D eigenvalue weighted by molar-refractivity contribution is -0.371. The first kappa shape index (κ1) is 77.1. The average Bonchev–Trinajstić information content (AvgIpc) is 0.757. The number of ether oxygens (including phenoxy) is 16. The standard InChI is InChI=1S/C86H91N3O18/c1-59(90)94-58-72-74(95-49-62-30-14-5-15-31-62)82(103-60(2)91)84(102-55-68-42-26-11-27-43-68)86(105-72)106-75-71(57-93-48-61-28-12-4-13-29-61)104-85(73(88-89-87)76(75)96-50-63-32-16-6-17-33-63)107-83-80(100-54-67-40-24-10-25-41-67)78(98-52-65-36-20-8-21-37-65)77(97-51-64-34-18-7-19-35-64)79(99-53-66-38-22-9-23-39-66)81(83)101-56-69-44-46-70(92-3)47-45-69/h4-47,71-86H,48-58H2,1-3H3/t71-,72-,73-,74-,75-,76-,77-,78-,79-,80+,81-,82+,83-,84+,85+,86-/m1/s1. The third-order valence-corrected chi connectivity index (χ3v) is 18.7. The highest BCUT2D eigenvalue weighted by Gasteiger charge is 2.59. The van der Waals surface area contributed by atoms with Gasteiger partial charge in [0.2, 0.25) is 0 Å². The molecule has 21 heteroatoms. The van der Waals surface area contributed by atoms with E-state index in [0.29, 0.717) is 5.75 Å². The van der Waals surface area contributed by atoms with Gasteiger partial charge in [-0.25, -0.2) is 0 Å². The molecule has 21 nitrogen and oxygen atoms in total. The largest absolute Gasteiger partial charge is 0.497 e. The van der Waals surface area contributed by atoms with Gasteiger partial charge in [-0.05, 0) is 67.7 Å². The average molecular weight is 1450 g/mol. The van der Waals surface area contributed by atoms with Crippen LogP contribution in [0.3, 0.4) is 0 Å². The van der Waals surface area contributed by atoms with E-state index in [1.807, 2.05) is 267 Å². The van der Waals surface area contributed by atoms with E-state index in [1.165, 1.54) is 13.8 Å². The number of carbonyl (C=O) groups excluding carboxylic acids is 2. The summed E-state index contributed by atoms with van der Waals surface area (Å²) in [6.07, 6.45) is -18.3. The maximum atomic E-state index is 13.7. The Balaban J connectivity index is 1.01. The fourth-order valence-corrected chi connectivity index (χ4v) is 13.4. The molecule has 3 aliphatic rings. The van der Waals surface area contributed by atoms with Crippen LogP contribution in [0.5, 0.6) is 5.75 Å². The maximum absolute atomic E-state index is 13.7. The summed E-state index contributed by atoms with van der Waals surface area (Å²) < 4.78 is 112. The summed E-state index contributed by atoms with van der Waals surface area (Å²) in [7, 11) is 1.61. The molecule has 0 spiro atoms. The minimum absolute atomic E-state index is 0.0197. The zero-order chi connectivity index (χ0) is 73.8. The molecule has 0 amide bonds. The summed E-state index contributed by atoms with van der Waals surface area (Å²) >= 11 is 0. The molecular formula is C86H91N3O18. The summed E-state index contributed by atoms with van der Waals surface area (Å²) in [4.78, 5) is 30.1. The van der Waals surface area contributed by atoms with Gasteiger partial charge in [0.05, 0.1) is 73.2 Å². The van der Waals surface area contributed by atoms with Crippen molar-refractivity contribution in [1.29, 1.82) is 0 Å². The molecule has 0 radical (unpaired) electrons. The third kappa shape index (κ3) is 22.3. The Morgan fingerprint density at radius 1 is 0.336 bits per heavy atom. The normalized spacial score (nSPS) is 24.9. The van der Waals surface area contributed by atoms with E-state index in [9.17, 15) is 15.1 Å². The molecule has 2 aliphatic heterocycles. The Kier molecular flexibility index (Phi) is 29.2. The summed E-state index contributed by atoms with van der Waals surface area (Å²) in [5.41, 5.74) is 18.6. The molecule has 3 fully saturated rings. The highest BCUT2D eigenvalue weighted by atomic mass is 16.8. The number of hydrogen-bond donors (Lipinski definition) is 0. The van der Waals surface area contributed by atoms with Crippen LogP contribution in [-0.2, 0) is 140 Å². The molecule has 1 saturated carbocycles. The molecular weight excluding hydrogens is 1360 g/mol. The topological polar surface area (TPSA) is 231 Å². The number of hydrogen-bond acceptors (Lipinski definition) is 19. The van der Waals surface area contributed by atoms with Gasteiger partial charge in [0.25, 0.3) is 0 Å². The van der Waals surface area contributed by atoms with Crippen molar-refractivity contribution in [3.8, 4) is 5.75 Å². The molecule has 2 heterocycles. The van der Waals surface area contributed by atoms with E-state index in [2.05, 4.69) is 10.0 Å². The van der Waals surface area contributed by atoms with Gasteiger partial charge in [-0.1, -0.05) is 260 Å². The van der Waals surface area contributed by atoms with Crippen molar-refractivity contribution >= 4 is 11.9 Å². The van der Waals surface area contributed by atoms with Crippen LogP contribution in [-0.4, -0.2) is 130 Å². The van der Waals surface area contributed by atoms with E-state index >= 15 is 0 Å². The van der Waals surface area contributed by atoms with Crippen molar-refractivity contribution < 1.29 is 85.4 Å². The highest BCUT2D eigenvalue weighted by Crippen LogP contribution is 2.42. The van der Waals surface area contributed by atoms with Crippen molar-refractivity contribution in [3.63, 3.8) is 0 Å². The van der Waals surface area contributed by atoms with Crippen molar-refractivity contribution in [2.75, 3.05) is 20.3 Å². The smallest absolute Gasteiger partial charge is 0.303 e. The van der Waals surface area contributed by atoms with Gasteiger partial charge in [-0.3, -0.25) is 9.59 Å². The lowest BCUT2D eigenvalue weighted by atomic mass is 9.83. The molecule has 9 aromatic rings. The van der Waals surface area contributed by atoms with Crippen molar-refractivity contribution in [2.24, 2.45) is 5.11 Å². The van der Waals surface area contributed by atoms with Crippen LogP contribution in [0.15, 0.2) is 272 Å². The number of nitrogens with zero attached hydrogens (tertiary/aromatic N) is 3. The second-order valence-electron chi connectivity index (χ2n) is 26.3. The van der Waals surface area contributed by atoms with Crippen molar-refractivity contribution in [3.05, 3.63) is 327 Å². The number of carbonyl (C=O) groups is 2. The number of azide groups is 1. The second kappa shape index (κ2) is 40.5. The minimum Gasteiger partial charge on any atom is -0.497 e. The molecule has 0 aromatic heterocycles. The van der Waals surface area contributed by atoms with E-state index in [1.54, 1.807) is 7.11 Å². The second-order valence-corrected chi connectivity index (χ2v) is 26.3. The molecule has 1 aliphatic carbocycles. The lowest BCUT2D eigenvalue weighted by Crippen LogP contribution is -2.70. The quantitative estimate of drug-likeness (QED) is 0.0152. The monoisotopic (exact) mass is 1450 g/mol. The summed E-state index contributed by atoms with van der Waals surface area (Å²) in [5.74, 6) is -0.621. The molecule has 558 valence electrons. The Labute approximate surface area is 624 Å². The Morgan fingerprint density at radius 3 is 1.00 bits per heavy atom. The van der Waals surface area contributed by atoms with Crippen LogP contribution in [0.2, 0.25) is 0 Å². The van der Waals surface area contributed by atoms with Crippen molar-refractivity contribution in [2.45, 2.75) is 171 Å². The first-order chi connectivity index (χ1) is 52.6.